The first-order valence-corrected chi connectivity index (χ1v) is 8.86. The van der Waals surface area contributed by atoms with Crippen LogP contribution in [0.2, 0.25) is 0 Å². The summed E-state index contributed by atoms with van der Waals surface area (Å²) in [4.78, 5) is 36.9. The van der Waals surface area contributed by atoms with Crippen LogP contribution < -0.4 is 15.7 Å². The van der Waals surface area contributed by atoms with Crippen molar-refractivity contribution in [2.45, 2.75) is 38.5 Å². The maximum Gasteiger partial charge on any atom is 0.303 e. The number of amides is 2. The molecule has 0 saturated carbocycles. The number of hydrogen-bond donors (Lipinski definition) is 4. The van der Waals surface area contributed by atoms with Gasteiger partial charge in [-0.25, -0.2) is 5.48 Å². The lowest BCUT2D eigenvalue weighted by Gasteiger charge is -2.19. The number of hydroxylamine groups is 1. The molecule has 1 fully saturated rings. The van der Waals surface area contributed by atoms with Crippen molar-refractivity contribution in [3.63, 3.8) is 0 Å². The van der Waals surface area contributed by atoms with Gasteiger partial charge in [-0.2, -0.15) is 0 Å². The number of carbonyl (C=O) groups is 3. The van der Waals surface area contributed by atoms with Crippen molar-refractivity contribution in [1.29, 1.82) is 0 Å². The van der Waals surface area contributed by atoms with Crippen LogP contribution in [0.25, 0.3) is 0 Å². The largest absolute Gasteiger partial charge is 0.481 e. The fraction of sp³-hybridized carbons (Fsp3) is 0.500. The maximum atomic E-state index is 12.4. The van der Waals surface area contributed by atoms with E-state index in [1.807, 2.05) is 0 Å². The molecule has 0 bridgehead atoms. The number of carboxylic acid groups (broad SMARTS) is 1. The Morgan fingerprint density at radius 1 is 1.00 bits per heavy atom. The molecule has 142 valence electrons. The molecule has 8 nitrogen and oxygen atoms in total. The van der Waals surface area contributed by atoms with Crippen LogP contribution in [0, 0.1) is 0 Å². The smallest absolute Gasteiger partial charge is 0.303 e. The minimum atomic E-state index is -0.827. The van der Waals surface area contributed by atoms with E-state index in [4.69, 9.17) is 10.3 Å². The van der Waals surface area contributed by atoms with Crippen molar-refractivity contribution in [2.24, 2.45) is 0 Å². The Balaban J connectivity index is 1.98. The van der Waals surface area contributed by atoms with Crippen LogP contribution in [-0.4, -0.2) is 47.7 Å². The van der Waals surface area contributed by atoms with Gasteiger partial charge in [0.15, 0.2) is 0 Å². The molecule has 4 N–H and O–H groups in total. The van der Waals surface area contributed by atoms with Gasteiger partial charge in [0, 0.05) is 31.7 Å². The number of benzene rings is 1. The second-order valence-corrected chi connectivity index (χ2v) is 6.33. The lowest BCUT2D eigenvalue weighted by atomic mass is 10.0. The Hall–Kier alpha value is -2.61. The van der Waals surface area contributed by atoms with Crippen LogP contribution >= 0.6 is 0 Å². The van der Waals surface area contributed by atoms with Gasteiger partial charge in [0.25, 0.3) is 11.8 Å². The average Bonchev–Trinajstić information content (AvgIpc) is 3.17. The molecule has 1 aromatic carbocycles. The second kappa shape index (κ2) is 9.76. The average molecular weight is 363 g/mol. The van der Waals surface area contributed by atoms with Crippen LogP contribution in [0.5, 0.6) is 0 Å². The monoisotopic (exact) mass is 363 g/mol. The van der Waals surface area contributed by atoms with Crippen molar-refractivity contribution >= 4 is 23.5 Å². The van der Waals surface area contributed by atoms with Gasteiger partial charge >= 0.3 is 5.97 Å². The lowest BCUT2D eigenvalue weighted by Crippen LogP contribution is -2.29. The molecule has 1 aliphatic rings. The number of anilines is 1. The van der Waals surface area contributed by atoms with Crippen LogP contribution in [0.1, 0.15) is 59.2 Å². The van der Waals surface area contributed by atoms with E-state index < -0.39 is 17.8 Å². The third-order valence-electron chi connectivity index (χ3n) is 4.42. The van der Waals surface area contributed by atoms with E-state index in [1.165, 1.54) is 0 Å². The zero-order chi connectivity index (χ0) is 18.9. The standard InChI is InChI=1S/C18H25N3O5/c22-16(23)6-2-1-3-9-19-17(24)14-8-7-13(21-10-4-5-11-21)12-15(14)18(25)20-26/h7-8,12,26H,1-6,9-11H2,(H,19,24)(H,20,25)(H,22,23). The Morgan fingerprint density at radius 2 is 1.73 bits per heavy atom. The normalized spacial score (nSPS) is 13.5. The van der Waals surface area contributed by atoms with Crippen molar-refractivity contribution in [1.82, 2.24) is 10.8 Å². The van der Waals surface area contributed by atoms with E-state index in [1.54, 1.807) is 23.7 Å². The zero-order valence-corrected chi connectivity index (χ0v) is 14.7. The van der Waals surface area contributed by atoms with Gasteiger partial charge in [0.2, 0.25) is 0 Å². The van der Waals surface area contributed by atoms with Gasteiger partial charge in [-0.1, -0.05) is 6.42 Å². The predicted octanol–water partition coefficient (Wildman–Crippen LogP) is 1.78. The molecule has 8 heteroatoms. The van der Waals surface area contributed by atoms with Crippen molar-refractivity contribution in [3.05, 3.63) is 29.3 Å². The Morgan fingerprint density at radius 3 is 2.38 bits per heavy atom. The molecule has 26 heavy (non-hydrogen) atoms. The highest BCUT2D eigenvalue weighted by molar-refractivity contribution is 6.07. The molecule has 0 radical (unpaired) electrons. The number of rotatable bonds is 9. The first kappa shape index (κ1) is 19.7. The van der Waals surface area contributed by atoms with E-state index in [2.05, 4.69) is 10.2 Å². The van der Waals surface area contributed by atoms with E-state index in [0.29, 0.717) is 25.8 Å². The van der Waals surface area contributed by atoms with Gasteiger partial charge in [-0.15, -0.1) is 0 Å². The first-order chi connectivity index (χ1) is 12.5. The van der Waals surface area contributed by atoms with E-state index >= 15 is 0 Å². The third-order valence-corrected chi connectivity index (χ3v) is 4.42. The molecular formula is C18H25N3O5. The van der Waals surface area contributed by atoms with Gasteiger partial charge in [-0.05, 0) is 43.9 Å². The summed E-state index contributed by atoms with van der Waals surface area (Å²) in [7, 11) is 0. The molecule has 1 heterocycles. The second-order valence-electron chi connectivity index (χ2n) is 6.33. The molecule has 0 unspecified atom stereocenters. The predicted molar refractivity (Wildman–Crippen MR) is 95.6 cm³/mol. The topological polar surface area (TPSA) is 119 Å². The minimum absolute atomic E-state index is 0.118. The number of carboxylic acids is 1. The number of unbranched alkanes of at least 4 members (excludes halogenated alkanes) is 2. The van der Waals surface area contributed by atoms with Crippen molar-refractivity contribution in [3.8, 4) is 0 Å². The summed E-state index contributed by atoms with van der Waals surface area (Å²) >= 11 is 0. The number of hydrogen-bond acceptors (Lipinski definition) is 5. The first-order valence-electron chi connectivity index (χ1n) is 8.86. The van der Waals surface area contributed by atoms with Crippen LogP contribution in [-0.2, 0) is 4.79 Å². The third kappa shape index (κ3) is 5.45. The lowest BCUT2D eigenvalue weighted by molar-refractivity contribution is -0.137. The van der Waals surface area contributed by atoms with Crippen molar-refractivity contribution < 1.29 is 24.7 Å². The highest BCUT2D eigenvalue weighted by atomic mass is 16.5. The summed E-state index contributed by atoms with van der Waals surface area (Å²) in [5.41, 5.74) is 2.77. The van der Waals surface area contributed by atoms with Gasteiger partial charge in [0.1, 0.15) is 0 Å². The summed E-state index contributed by atoms with van der Waals surface area (Å²) in [5.74, 6) is -1.95. The molecule has 0 atom stereocenters. The van der Waals surface area contributed by atoms with Crippen LogP contribution in [0.3, 0.4) is 0 Å². The Bertz CT molecular complexity index is 656. The summed E-state index contributed by atoms with van der Waals surface area (Å²) in [6.07, 6.45) is 4.22. The molecule has 2 amide bonds. The Labute approximate surface area is 152 Å². The van der Waals surface area contributed by atoms with Crippen LogP contribution in [0.15, 0.2) is 18.2 Å². The van der Waals surface area contributed by atoms with Gasteiger partial charge in [0.05, 0.1) is 11.1 Å². The number of carbonyl (C=O) groups excluding carboxylic acids is 2. The quantitative estimate of drug-likeness (QED) is 0.302. The minimum Gasteiger partial charge on any atom is -0.481 e. The van der Waals surface area contributed by atoms with E-state index in [-0.39, 0.29) is 17.5 Å². The van der Waals surface area contributed by atoms with Gasteiger partial charge in [-0.3, -0.25) is 19.6 Å². The van der Waals surface area contributed by atoms with Crippen LogP contribution in [0.4, 0.5) is 5.69 Å². The molecule has 0 aromatic heterocycles. The SMILES string of the molecule is O=C(O)CCCCCNC(=O)c1ccc(N2CCCC2)cc1C(=O)NO. The van der Waals surface area contributed by atoms with E-state index in [0.717, 1.165) is 31.6 Å². The molecule has 2 rings (SSSR count). The van der Waals surface area contributed by atoms with Gasteiger partial charge < -0.3 is 15.3 Å². The summed E-state index contributed by atoms with van der Waals surface area (Å²) in [6, 6.07) is 5.03. The zero-order valence-electron chi connectivity index (χ0n) is 14.7. The number of aliphatic carboxylic acids is 1. The van der Waals surface area contributed by atoms with E-state index in [9.17, 15) is 14.4 Å². The summed E-state index contributed by atoms with van der Waals surface area (Å²) in [6.45, 7) is 2.21. The summed E-state index contributed by atoms with van der Waals surface area (Å²) < 4.78 is 0. The Kier molecular flexibility index (Phi) is 7.40. The molecule has 1 aliphatic heterocycles. The van der Waals surface area contributed by atoms with Crippen molar-refractivity contribution in [2.75, 3.05) is 24.5 Å². The molecule has 0 spiro atoms. The highest BCUT2D eigenvalue weighted by Crippen LogP contribution is 2.23. The maximum absolute atomic E-state index is 12.4. The molecule has 1 saturated heterocycles. The number of nitrogens with one attached hydrogen (secondary N) is 2. The summed E-state index contributed by atoms with van der Waals surface area (Å²) in [5, 5.41) is 20.3. The fourth-order valence-corrected chi connectivity index (χ4v) is 3.03. The fourth-order valence-electron chi connectivity index (χ4n) is 3.03. The molecule has 0 aliphatic carbocycles. The number of nitrogens with zero attached hydrogens (tertiary/aromatic N) is 1. The molecular weight excluding hydrogens is 338 g/mol. The highest BCUT2D eigenvalue weighted by Gasteiger charge is 2.20. The molecule has 1 aromatic rings.